The Kier molecular flexibility index (Phi) is 3.77. The zero-order valence-electron chi connectivity index (χ0n) is 11.1. The Labute approximate surface area is 118 Å². The molecule has 0 bridgehead atoms. The van der Waals surface area contributed by atoms with Gasteiger partial charge in [0.15, 0.2) is 9.84 Å². The number of rotatable bonds is 3. The van der Waals surface area contributed by atoms with Gasteiger partial charge in [0.1, 0.15) is 17.6 Å². The first-order valence-electron chi connectivity index (χ1n) is 5.89. The zero-order chi connectivity index (χ0) is 14.8. The summed E-state index contributed by atoms with van der Waals surface area (Å²) >= 11 is 0. The number of para-hydroxylation sites is 1. The minimum atomic E-state index is -3.22. The number of benzene rings is 2. The first-order valence-corrected chi connectivity index (χ1v) is 7.78. The Morgan fingerprint density at radius 3 is 2.30 bits per heavy atom. The van der Waals surface area contributed by atoms with Crippen molar-refractivity contribution in [2.45, 2.75) is 11.8 Å². The summed E-state index contributed by atoms with van der Waals surface area (Å²) in [7, 11) is -3.22. The van der Waals surface area contributed by atoms with Crippen LogP contribution in [0.5, 0.6) is 11.5 Å². The molecule has 0 aliphatic carbocycles. The third-order valence-electron chi connectivity index (χ3n) is 2.80. The van der Waals surface area contributed by atoms with E-state index in [4.69, 9.17) is 10.00 Å². The fourth-order valence-electron chi connectivity index (χ4n) is 1.75. The highest BCUT2D eigenvalue weighted by Gasteiger charge is 2.10. The van der Waals surface area contributed by atoms with Gasteiger partial charge in [0.05, 0.1) is 10.5 Å². The number of nitriles is 1. The smallest absolute Gasteiger partial charge is 0.175 e. The van der Waals surface area contributed by atoms with E-state index in [-0.39, 0.29) is 4.90 Å². The number of nitrogens with zero attached hydrogens (tertiary/aromatic N) is 1. The molecule has 0 N–H and O–H groups in total. The molecule has 0 saturated carbocycles. The van der Waals surface area contributed by atoms with E-state index in [1.54, 1.807) is 24.3 Å². The van der Waals surface area contributed by atoms with Gasteiger partial charge in [0, 0.05) is 6.26 Å². The monoisotopic (exact) mass is 287 g/mol. The van der Waals surface area contributed by atoms with Crippen LogP contribution in [0.2, 0.25) is 0 Å². The molecule has 0 spiro atoms. The van der Waals surface area contributed by atoms with Crippen molar-refractivity contribution in [2.24, 2.45) is 0 Å². The summed E-state index contributed by atoms with van der Waals surface area (Å²) in [5.74, 6) is 0.977. The quantitative estimate of drug-likeness (QED) is 0.870. The van der Waals surface area contributed by atoms with Gasteiger partial charge >= 0.3 is 0 Å². The van der Waals surface area contributed by atoms with Gasteiger partial charge < -0.3 is 4.74 Å². The summed E-state index contributed by atoms with van der Waals surface area (Å²) < 4.78 is 28.4. The van der Waals surface area contributed by atoms with Crippen molar-refractivity contribution < 1.29 is 13.2 Å². The van der Waals surface area contributed by atoms with Crippen LogP contribution in [-0.2, 0) is 9.84 Å². The van der Waals surface area contributed by atoms with Gasteiger partial charge in [-0.3, -0.25) is 0 Å². The van der Waals surface area contributed by atoms with Gasteiger partial charge in [0.25, 0.3) is 0 Å². The largest absolute Gasteiger partial charge is 0.456 e. The van der Waals surface area contributed by atoms with Crippen LogP contribution in [-0.4, -0.2) is 14.7 Å². The molecule has 0 amide bonds. The normalized spacial score (nSPS) is 10.8. The Balaban J connectivity index is 2.35. The number of sulfone groups is 1. The lowest BCUT2D eigenvalue weighted by Gasteiger charge is -2.10. The molecule has 2 aromatic carbocycles. The molecular formula is C15H13NO3S. The summed E-state index contributed by atoms with van der Waals surface area (Å²) in [6.07, 6.45) is 1.15. The van der Waals surface area contributed by atoms with Crippen molar-refractivity contribution in [1.29, 1.82) is 5.26 Å². The van der Waals surface area contributed by atoms with Gasteiger partial charge in [-0.1, -0.05) is 12.1 Å². The summed E-state index contributed by atoms with van der Waals surface area (Å²) in [5, 5.41) is 9.06. The molecule has 0 saturated heterocycles. The fourth-order valence-corrected chi connectivity index (χ4v) is 2.38. The Bertz CT molecular complexity index is 772. The minimum Gasteiger partial charge on any atom is -0.456 e. The standard InChI is InChI=1S/C15H13NO3S/c1-11-4-3-5-12(10-16)15(11)19-13-6-8-14(9-7-13)20(2,17)18/h3-9H,1-2H3. The van der Waals surface area contributed by atoms with Gasteiger partial charge in [-0.2, -0.15) is 5.26 Å². The van der Waals surface area contributed by atoms with Gasteiger partial charge in [-0.15, -0.1) is 0 Å². The number of hydrogen-bond acceptors (Lipinski definition) is 4. The SMILES string of the molecule is Cc1cccc(C#N)c1Oc1ccc(S(C)(=O)=O)cc1. The lowest BCUT2D eigenvalue weighted by molar-refractivity contribution is 0.477. The van der Waals surface area contributed by atoms with E-state index in [1.807, 2.05) is 13.0 Å². The maximum absolute atomic E-state index is 11.4. The summed E-state index contributed by atoms with van der Waals surface area (Å²) in [4.78, 5) is 0.232. The topological polar surface area (TPSA) is 67.2 Å². The molecule has 0 aliphatic heterocycles. The van der Waals surface area contributed by atoms with E-state index in [9.17, 15) is 8.42 Å². The highest BCUT2D eigenvalue weighted by atomic mass is 32.2. The van der Waals surface area contributed by atoms with Gasteiger partial charge in [-0.25, -0.2) is 8.42 Å². The van der Waals surface area contributed by atoms with Crippen molar-refractivity contribution in [2.75, 3.05) is 6.26 Å². The third kappa shape index (κ3) is 2.98. The zero-order valence-corrected chi connectivity index (χ0v) is 11.9. The number of hydrogen-bond donors (Lipinski definition) is 0. The van der Waals surface area contributed by atoms with E-state index in [1.165, 1.54) is 12.1 Å². The van der Waals surface area contributed by atoms with Gasteiger partial charge in [0.2, 0.25) is 0 Å². The second-order valence-corrected chi connectivity index (χ2v) is 6.42. The molecule has 5 heteroatoms. The first-order chi connectivity index (χ1) is 9.41. The van der Waals surface area contributed by atoms with Crippen LogP contribution in [0.3, 0.4) is 0 Å². The van der Waals surface area contributed by atoms with Crippen molar-refractivity contribution >= 4 is 9.84 Å². The Morgan fingerprint density at radius 1 is 1.10 bits per heavy atom. The van der Waals surface area contributed by atoms with Crippen LogP contribution in [0.4, 0.5) is 0 Å². The average molecular weight is 287 g/mol. The van der Waals surface area contributed by atoms with Crippen molar-refractivity contribution in [3.8, 4) is 17.6 Å². The third-order valence-corrected chi connectivity index (χ3v) is 3.93. The Morgan fingerprint density at radius 2 is 1.75 bits per heavy atom. The second-order valence-electron chi connectivity index (χ2n) is 4.41. The number of ether oxygens (including phenoxy) is 1. The lowest BCUT2D eigenvalue weighted by Crippen LogP contribution is -1.97. The predicted molar refractivity (Wildman–Crippen MR) is 75.5 cm³/mol. The molecule has 0 atom stereocenters. The molecule has 0 heterocycles. The first kappa shape index (κ1) is 14.1. The summed E-state index contributed by atoms with van der Waals surface area (Å²) in [6, 6.07) is 13.5. The summed E-state index contributed by atoms with van der Waals surface area (Å²) in [5.41, 5.74) is 1.29. The molecule has 2 rings (SSSR count). The van der Waals surface area contributed by atoms with Crippen molar-refractivity contribution in [1.82, 2.24) is 0 Å². The molecule has 4 nitrogen and oxygen atoms in total. The fraction of sp³-hybridized carbons (Fsp3) is 0.133. The molecule has 2 aromatic rings. The molecule has 0 aromatic heterocycles. The molecule has 20 heavy (non-hydrogen) atoms. The van der Waals surface area contributed by atoms with E-state index >= 15 is 0 Å². The molecule has 0 unspecified atom stereocenters. The summed E-state index contributed by atoms with van der Waals surface area (Å²) in [6.45, 7) is 1.85. The predicted octanol–water partition coefficient (Wildman–Crippen LogP) is 3.06. The van der Waals surface area contributed by atoms with Crippen LogP contribution >= 0.6 is 0 Å². The molecule has 0 radical (unpaired) electrons. The van der Waals surface area contributed by atoms with E-state index in [2.05, 4.69) is 6.07 Å². The second kappa shape index (κ2) is 5.35. The van der Waals surface area contributed by atoms with Crippen LogP contribution in [0.15, 0.2) is 47.4 Å². The minimum absolute atomic E-state index is 0.232. The molecular weight excluding hydrogens is 274 g/mol. The number of aryl methyl sites for hydroxylation is 1. The molecule has 0 aliphatic rings. The van der Waals surface area contributed by atoms with Crippen LogP contribution in [0.25, 0.3) is 0 Å². The molecule has 0 fully saturated rings. The van der Waals surface area contributed by atoms with Crippen LogP contribution in [0, 0.1) is 18.3 Å². The highest BCUT2D eigenvalue weighted by Crippen LogP contribution is 2.29. The highest BCUT2D eigenvalue weighted by molar-refractivity contribution is 7.90. The van der Waals surface area contributed by atoms with Crippen molar-refractivity contribution in [3.63, 3.8) is 0 Å². The average Bonchev–Trinajstić information content (AvgIpc) is 2.40. The molecule has 102 valence electrons. The Hall–Kier alpha value is -2.32. The van der Waals surface area contributed by atoms with E-state index in [0.717, 1.165) is 11.8 Å². The maximum Gasteiger partial charge on any atom is 0.175 e. The lowest BCUT2D eigenvalue weighted by atomic mass is 10.1. The van der Waals surface area contributed by atoms with Crippen LogP contribution in [0.1, 0.15) is 11.1 Å². The van der Waals surface area contributed by atoms with E-state index < -0.39 is 9.84 Å². The van der Waals surface area contributed by atoms with E-state index in [0.29, 0.717) is 17.1 Å². The van der Waals surface area contributed by atoms with Gasteiger partial charge in [-0.05, 0) is 42.8 Å². The maximum atomic E-state index is 11.4. The van der Waals surface area contributed by atoms with Crippen LogP contribution < -0.4 is 4.74 Å². The van der Waals surface area contributed by atoms with Crippen molar-refractivity contribution in [3.05, 3.63) is 53.6 Å².